The molecule has 7 nitrogen and oxygen atoms in total. The van der Waals surface area contributed by atoms with Crippen LogP contribution >= 0.6 is 0 Å². The molecule has 152 valence electrons. The Hall–Kier alpha value is -2.96. The van der Waals surface area contributed by atoms with Crippen LogP contribution in [0.4, 0.5) is 0 Å². The van der Waals surface area contributed by atoms with Crippen LogP contribution in [0.25, 0.3) is 6.08 Å². The highest BCUT2D eigenvalue weighted by Gasteiger charge is 2.33. The molecule has 1 aromatic heterocycles. The molecule has 0 bridgehead atoms. The van der Waals surface area contributed by atoms with Gasteiger partial charge in [-0.05, 0) is 49.5 Å². The molecule has 0 N–H and O–H groups in total. The number of rotatable bonds is 4. The number of amides is 1. The van der Waals surface area contributed by atoms with Crippen LogP contribution in [0.2, 0.25) is 0 Å². The first kappa shape index (κ1) is 19.4. The SMILES string of the molecule is COC(=O)c1ccc(/C=C/C(=O)N2CCCC2c2nnc3n2CCCCC3)cc1. The van der Waals surface area contributed by atoms with Crippen LogP contribution in [0.3, 0.4) is 0 Å². The van der Waals surface area contributed by atoms with E-state index in [0.29, 0.717) is 5.56 Å². The first-order chi connectivity index (χ1) is 14.2. The third kappa shape index (κ3) is 4.09. The van der Waals surface area contributed by atoms with E-state index in [-0.39, 0.29) is 17.9 Å². The third-order valence-corrected chi connectivity index (χ3v) is 5.72. The lowest BCUT2D eigenvalue weighted by molar-refractivity contribution is -0.127. The van der Waals surface area contributed by atoms with Crippen molar-refractivity contribution in [2.75, 3.05) is 13.7 Å². The van der Waals surface area contributed by atoms with E-state index in [2.05, 4.69) is 14.8 Å². The van der Waals surface area contributed by atoms with Gasteiger partial charge in [-0.2, -0.15) is 0 Å². The normalized spacial score (nSPS) is 19.2. The van der Waals surface area contributed by atoms with Crippen LogP contribution < -0.4 is 0 Å². The maximum absolute atomic E-state index is 12.9. The van der Waals surface area contributed by atoms with E-state index in [1.54, 1.807) is 36.4 Å². The number of likely N-dealkylation sites (tertiary alicyclic amines) is 1. The molecule has 2 aliphatic rings. The molecule has 0 saturated carbocycles. The molecule has 0 radical (unpaired) electrons. The average molecular weight is 394 g/mol. The summed E-state index contributed by atoms with van der Waals surface area (Å²) in [6.45, 7) is 1.68. The third-order valence-electron chi connectivity index (χ3n) is 5.72. The van der Waals surface area contributed by atoms with Crippen molar-refractivity contribution in [3.8, 4) is 0 Å². The zero-order valence-electron chi connectivity index (χ0n) is 16.7. The van der Waals surface area contributed by atoms with Crippen LogP contribution in [0, 0.1) is 0 Å². The van der Waals surface area contributed by atoms with Crippen LogP contribution in [-0.4, -0.2) is 45.2 Å². The van der Waals surface area contributed by atoms with E-state index < -0.39 is 0 Å². The molecule has 0 aliphatic carbocycles. The molecule has 4 rings (SSSR count). The summed E-state index contributed by atoms with van der Waals surface area (Å²) < 4.78 is 6.94. The zero-order chi connectivity index (χ0) is 20.2. The number of hydrogen-bond donors (Lipinski definition) is 0. The van der Waals surface area contributed by atoms with Crippen molar-refractivity contribution < 1.29 is 14.3 Å². The predicted molar refractivity (Wildman–Crippen MR) is 108 cm³/mol. The highest BCUT2D eigenvalue weighted by Crippen LogP contribution is 2.32. The van der Waals surface area contributed by atoms with Gasteiger partial charge in [0.2, 0.25) is 5.91 Å². The van der Waals surface area contributed by atoms with Crippen LogP contribution in [0.5, 0.6) is 0 Å². The van der Waals surface area contributed by atoms with E-state index in [1.165, 1.54) is 13.5 Å². The quantitative estimate of drug-likeness (QED) is 0.588. The molecule has 7 heteroatoms. The van der Waals surface area contributed by atoms with Crippen molar-refractivity contribution in [2.24, 2.45) is 0 Å². The number of carbonyl (C=O) groups excluding carboxylic acids is 2. The number of aromatic nitrogens is 3. The number of methoxy groups -OCH3 is 1. The standard InChI is InChI=1S/C22H26N4O3/c1-29-22(28)17-11-8-16(9-12-17)10-13-20(27)25-15-5-6-18(25)21-24-23-19-7-3-2-4-14-26(19)21/h8-13,18H,2-7,14-15H2,1H3/b13-10+. The second-order valence-corrected chi connectivity index (χ2v) is 7.57. The number of esters is 1. The van der Waals surface area contributed by atoms with Crippen molar-refractivity contribution in [2.45, 2.75) is 51.1 Å². The summed E-state index contributed by atoms with van der Waals surface area (Å²) in [6, 6.07) is 6.99. The Morgan fingerprint density at radius 2 is 1.90 bits per heavy atom. The van der Waals surface area contributed by atoms with Gasteiger partial charge in [0.1, 0.15) is 5.82 Å². The molecular formula is C22H26N4O3. The number of benzene rings is 1. The maximum Gasteiger partial charge on any atom is 0.337 e. The minimum absolute atomic E-state index is 0.00630. The number of carbonyl (C=O) groups is 2. The first-order valence-corrected chi connectivity index (χ1v) is 10.3. The minimum Gasteiger partial charge on any atom is -0.465 e. The molecule has 29 heavy (non-hydrogen) atoms. The van der Waals surface area contributed by atoms with Gasteiger partial charge in [0, 0.05) is 25.6 Å². The summed E-state index contributed by atoms with van der Waals surface area (Å²) in [5.41, 5.74) is 1.35. The predicted octanol–water partition coefficient (Wildman–Crippen LogP) is 3.17. The summed E-state index contributed by atoms with van der Waals surface area (Å²) in [4.78, 5) is 26.3. The second-order valence-electron chi connectivity index (χ2n) is 7.57. The molecular weight excluding hydrogens is 368 g/mol. The number of nitrogens with zero attached hydrogens (tertiary/aromatic N) is 4. The van der Waals surface area contributed by atoms with E-state index in [4.69, 9.17) is 4.74 Å². The highest BCUT2D eigenvalue weighted by atomic mass is 16.5. The van der Waals surface area contributed by atoms with Crippen molar-refractivity contribution in [1.82, 2.24) is 19.7 Å². The molecule has 2 aliphatic heterocycles. The van der Waals surface area contributed by atoms with Crippen molar-refractivity contribution in [1.29, 1.82) is 0 Å². The van der Waals surface area contributed by atoms with Gasteiger partial charge in [0.15, 0.2) is 5.82 Å². The Bertz CT molecular complexity index is 917. The Morgan fingerprint density at radius 1 is 1.07 bits per heavy atom. The largest absolute Gasteiger partial charge is 0.465 e. The summed E-state index contributed by atoms with van der Waals surface area (Å²) in [5, 5.41) is 8.86. The van der Waals surface area contributed by atoms with Gasteiger partial charge >= 0.3 is 5.97 Å². The van der Waals surface area contributed by atoms with E-state index >= 15 is 0 Å². The van der Waals surface area contributed by atoms with Gasteiger partial charge in [-0.15, -0.1) is 10.2 Å². The van der Waals surface area contributed by atoms with Gasteiger partial charge in [0.05, 0.1) is 18.7 Å². The van der Waals surface area contributed by atoms with E-state index in [0.717, 1.165) is 62.4 Å². The van der Waals surface area contributed by atoms with Crippen molar-refractivity contribution >= 4 is 18.0 Å². The number of aryl methyl sites for hydroxylation is 1. The topological polar surface area (TPSA) is 77.3 Å². The number of ether oxygens (including phenoxy) is 1. The molecule has 1 atom stereocenters. The minimum atomic E-state index is -0.371. The fraction of sp³-hybridized carbons (Fsp3) is 0.455. The molecule has 1 saturated heterocycles. The van der Waals surface area contributed by atoms with Crippen LogP contribution in [-0.2, 0) is 22.5 Å². The van der Waals surface area contributed by atoms with Gasteiger partial charge in [0.25, 0.3) is 0 Å². The van der Waals surface area contributed by atoms with Gasteiger partial charge in [-0.25, -0.2) is 4.79 Å². The Morgan fingerprint density at radius 3 is 2.69 bits per heavy atom. The Kier molecular flexibility index (Phi) is 5.74. The van der Waals surface area contributed by atoms with Crippen molar-refractivity contribution in [3.63, 3.8) is 0 Å². The smallest absolute Gasteiger partial charge is 0.337 e. The molecule has 1 unspecified atom stereocenters. The number of hydrogen-bond acceptors (Lipinski definition) is 5. The molecule has 0 spiro atoms. The highest BCUT2D eigenvalue weighted by molar-refractivity contribution is 5.93. The Labute approximate surface area is 170 Å². The summed E-state index contributed by atoms with van der Waals surface area (Å²) in [7, 11) is 1.36. The lowest BCUT2D eigenvalue weighted by atomic mass is 10.1. The second kappa shape index (κ2) is 8.59. The Balaban J connectivity index is 1.48. The summed E-state index contributed by atoms with van der Waals surface area (Å²) in [5.74, 6) is 1.60. The fourth-order valence-electron chi connectivity index (χ4n) is 4.16. The molecule has 3 heterocycles. The fourth-order valence-corrected chi connectivity index (χ4v) is 4.16. The summed E-state index contributed by atoms with van der Waals surface area (Å²) in [6.07, 6.45) is 9.76. The lowest BCUT2D eigenvalue weighted by Gasteiger charge is -2.23. The average Bonchev–Trinajstić information content (AvgIpc) is 3.32. The molecule has 1 amide bonds. The van der Waals surface area contributed by atoms with E-state index in [9.17, 15) is 9.59 Å². The van der Waals surface area contributed by atoms with Gasteiger partial charge in [-0.1, -0.05) is 18.6 Å². The molecule has 1 aromatic carbocycles. The maximum atomic E-state index is 12.9. The van der Waals surface area contributed by atoms with Crippen molar-refractivity contribution in [3.05, 3.63) is 53.1 Å². The number of fused-ring (bicyclic) bond motifs is 1. The molecule has 1 fully saturated rings. The van der Waals surface area contributed by atoms with Gasteiger partial charge < -0.3 is 14.2 Å². The first-order valence-electron chi connectivity index (χ1n) is 10.3. The van der Waals surface area contributed by atoms with Crippen LogP contribution in [0.1, 0.15) is 65.7 Å². The zero-order valence-corrected chi connectivity index (χ0v) is 16.7. The van der Waals surface area contributed by atoms with E-state index in [1.807, 2.05) is 4.90 Å². The summed E-state index contributed by atoms with van der Waals surface area (Å²) >= 11 is 0. The lowest BCUT2D eigenvalue weighted by Crippen LogP contribution is -2.30. The van der Waals surface area contributed by atoms with Crippen LogP contribution in [0.15, 0.2) is 30.3 Å². The molecule has 2 aromatic rings. The van der Waals surface area contributed by atoms with Gasteiger partial charge in [-0.3, -0.25) is 4.79 Å². The monoisotopic (exact) mass is 394 g/mol.